The molecule has 0 saturated carbocycles. The van der Waals surface area contributed by atoms with Gasteiger partial charge in [-0.25, -0.2) is 0 Å². The van der Waals surface area contributed by atoms with Gasteiger partial charge in [0.2, 0.25) is 0 Å². The highest BCUT2D eigenvalue weighted by atomic mass is 16.5. The summed E-state index contributed by atoms with van der Waals surface area (Å²) >= 11 is 0. The van der Waals surface area contributed by atoms with E-state index in [9.17, 15) is 9.59 Å². The maximum atomic E-state index is 12.4. The zero-order valence-corrected chi connectivity index (χ0v) is 15.2. The van der Waals surface area contributed by atoms with Crippen molar-refractivity contribution in [2.45, 2.75) is 83.7 Å². The van der Waals surface area contributed by atoms with Gasteiger partial charge in [-0.05, 0) is 54.4 Å². The van der Waals surface area contributed by atoms with Gasteiger partial charge in [-0.3, -0.25) is 9.59 Å². The van der Waals surface area contributed by atoms with Crippen LogP contribution < -0.4 is 10.6 Å². The van der Waals surface area contributed by atoms with Gasteiger partial charge in [0, 0.05) is 30.2 Å². The third kappa shape index (κ3) is 4.91. The van der Waals surface area contributed by atoms with Crippen LogP contribution in [-0.4, -0.2) is 59.1 Å². The summed E-state index contributed by atoms with van der Waals surface area (Å²) in [5.74, 6) is -0.939. The molecular formula is C17H31N3O3. The quantitative estimate of drug-likeness (QED) is 0.707. The highest BCUT2D eigenvalue weighted by Crippen LogP contribution is 2.28. The van der Waals surface area contributed by atoms with Crippen molar-refractivity contribution in [2.24, 2.45) is 0 Å². The second-order valence-electron chi connectivity index (χ2n) is 8.44. The molecule has 0 aliphatic carbocycles. The van der Waals surface area contributed by atoms with Crippen LogP contribution in [0.1, 0.15) is 54.4 Å². The Morgan fingerprint density at radius 1 is 1.04 bits per heavy atom. The van der Waals surface area contributed by atoms with Gasteiger partial charge in [-0.2, -0.15) is 0 Å². The van der Waals surface area contributed by atoms with E-state index in [2.05, 4.69) is 38.3 Å². The fourth-order valence-electron chi connectivity index (χ4n) is 4.16. The zero-order chi connectivity index (χ0) is 17.4. The second-order valence-corrected chi connectivity index (χ2v) is 8.44. The summed E-state index contributed by atoms with van der Waals surface area (Å²) < 4.78 is 5.62. The number of carbonyl (C=O) groups is 2. The Morgan fingerprint density at radius 3 is 2.00 bits per heavy atom. The van der Waals surface area contributed by atoms with E-state index in [0.29, 0.717) is 13.1 Å². The fourth-order valence-corrected chi connectivity index (χ4v) is 4.16. The molecule has 132 valence electrons. The average molecular weight is 325 g/mol. The maximum Gasteiger partial charge on any atom is 0.312 e. The first-order valence-corrected chi connectivity index (χ1v) is 8.52. The zero-order valence-electron chi connectivity index (χ0n) is 15.2. The van der Waals surface area contributed by atoms with Crippen molar-refractivity contribution in [1.82, 2.24) is 15.5 Å². The Bertz CT molecular complexity index is 450. The minimum atomic E-state index is -0.496. The predicted molar refractivity (Wildman–Crippen MR) is 89.0 cm³/mol. The molecule has 2 saturated heterocycles. The molecule has 2 aliphatic rings. The molecule has 2 fully saturated rings. The van der Waals surface area contributed by atoms with Crippen LogP contribution in [0.15, 0.2) is 0 Å². The van der Waals surface area contributed by atoms with Crippen LogP contribution in [0.3, 0.4) is 0 Å². The summed E-state index contributed by atoms with van der Waals surface area (Å²) in [6.07, 6.45) is 1.55. The predicted octanol–water partition coefficient (Wildman–Crippen LogP) is 1.05. The molecule has 0 spiro atoms. The van der Waals surface area contributed by atoms with Crippen LogP contribution in [0, 0.1) is 0 Å². The summed E-state index contributed by atoms with van der Waals surface area (Å²) in [5, 5.41) is 6.52. The smallest absolute Gasteiger partial charge is 0.312 e. The summed E-state index contributed by atoms with van der Waals surface area (Å²) in [7, 11) is 0. The summed E-state index contributed by atoms with van der Waals surface area (Å²) in [6.45, 7) is 13.3. The highest BCUT2D eigenvalue weighted by Gasteiger charge is 2.39. The molecule has 2 N–H and O–H groups in total. The first kappa shape index (κ1) is 18.2. The Morgan fingerprint density at radius 2 is 1.52 bits per heavy atom. The van der Waals surface area contributed by atoms with Crippen LogP contribution in [0.2, 0.25) is 0 Å². The first-order valence-electron chi connectivity index (χ1n) is 8.52. The number of ether oxygens (including phenoxy) is 1. The number of rotatable bonds is 1. The van der Waals surface area contributed by atoms with Gasteiger partial charge in [-0.15, -0.1) is 0 Å². The normalized spacial score (nSPS) is 30.8. The molecule has 2 heterocycles. The molecule has 2 unspecified atom stereocenters. The van der Waals surface area contributed by atoms with Crippen LogP contribution in [-0.2, 0) is 14.3 Å². The molecule has 2 amide bonds. The number of piperidine rings is 1. The Labute approximate surface area is 139 Å². The van der Waals surface area contributed by atoms with E-state index in [-0.39, 0.29) is 29.3 Å². The monoisotopic (exact) mass is 325 g/mol. The van der Waals surface area contributed by atoms with Crippen molar-refractivity contribution in [1.29, 1.82) is 0 Å². The summed E-state index contributed by atoms with van der Waals surface area (Å²) in [4.78, 5) is 26.4. The van der Waals surface area contributed by atoms with Crippen LogP contribution in [0.4, 0.5) is 0 Å². The third-order valence-electron chi connectivity index (χ3n) is 4.43. The highest BCUT2D eigenvalue weighted by molar-refractivity contribution is 6.35. The molecule has 23 heavy (non-hydrogen) atoms. The third-order valence-corrected chi connectivity index (χ3v) is 4.43. The first-order chi connectivity index (χ1) is 10.5. The van der Waals surface area contributed by atoms with Crippen molar-refractivity contribution in [3.05, 3.63) is 0 Å². The Balaban J connectivity index is 1.97. The van der Waals surface area contributed by atoms with E-state index in [0.717, 1.165) is 12.8 Å². The number of amides is 2. The van der Waals surface area contributed by atoms with E-state index in [1.165, 1.54) is 0 Å². The molecule has 0 radical (unpaired) electrons. The molecule has 2 aliphatic heterocycles. The van der Waals surface area contributed by atoms with Crippen LogP contribution >= 0.6 is 0 Å². The minimum Gasteiger partial charge on any atom is -0.372 e. The van der Waals surface area contributed by atoms with Crippen LogP contribution in [0.5, 0.6) is 0 Å². The average Bonchev–Trinajstić information content (AvgIpc) is 2.32. The number of nitrogens with zero attached hydrogens (tertiary/aromatic N) is 1. The lowest BCUT2D eigenvalue weighted by molar-refractivity contribution is -0.153. The lowest BCUT2D eigenvalue weighted by Crippen LogP contribution is -2.63. The van der Waals surface area contributed by atoms with Crippen molar-refractivity contribution < 1.29 is 14.3 Å². The van der Waals surface area contributed by atoms with Gasteiger partial charge >= 0.3 is 11.8 Å². The molecule has 2 rings (SSSR count). The van der Waals surface area contributed by atoms with Crippen LogP contribution in [0.25, 0.3) is 0 Å². The number of hydrogen-bond acceptors (Lipinski definition) is 4. The van der Waals surface area contributed by atoms with E-state index in [4.69, 9.17) is 4.74 Å². The number of carbonyl (C=O) groups excluding carboxylic acids is 2. The minimum absolute atomic E-state index is 0.00795. The molecule has 6 nitrogen and oxygen atoms in total. The second kappa shape index (κ2) is 6.40. The number of hydrogen-bond donors (Lipinski definition) is 2. The standard InChI is InChI=1S/C17H31N3O3/c1-11-9-20(10-12(2)23-11)15(22)14(21)18-13-7-16(3,4)19-17(5,6)8-13/h11-13,19H,7-10H2,1-6H3,(H,18,21). The van der Waals surface area contributed by atoms with E-state index in [1.807, 2.05) is 13.8 Å². The summed E-state index contributed by atoms with van der Waals surface area (Å²) in [6, 6.07) is 0.00795. The molecule has 0 aromatic heterocycles. The number of nitrogens with one attached hydrogen (secondary N) is 2. The van der Waals surface area contributed by atoms with Gasteiger partial charge in [0.05, 0.1) is 12.2 Å². The molecular weight excluding hydrogens is 294 g/mol. The molecule has 0 bridgehead atoms. The van der Waals surface area contributed by atoms with Gasteiger partial charge in [0.25, 0.3) is 0 Å². The van der Waals surface area contributed by atoms with Crippen molar-refractivity contribution in [2.75, 3.05) is 13.1 Å². The van der Waals surface area contributed by atoms with Gasteiger partial charge < -0.3 is 20.3 Å². The lowest BCUT2D eigenvalue weighted by atomic mass is 9.79. The fraction of sp³-hybridized carbons (Fsp3) is 0.882. The van der Waals surface area contributed by atoms with Gasteiger partial charge in [0.15, 0.2) is 0 Å². The maximum absolute atomic E-state index is 12.4. The van der Waals surface area contributed by atoms with E-state index >= 15 is 0 Å². The van der Waals surface area contributed by atoms with E-state index in [1.54, 1.807) is 4.90 Å². The topological polar surface area (TPSA) is 70.7 Å². The molecule has 6 heteroatoms. The SMILES string of the molecule is CC1CN(C(=O)C(=O)NC2CC(C)(C)NC(C)(C)C2)CC(C)O1. The van der Waals surface area contributed by atoms with E-state index < -0.39 is 11.8 Å². The summed E-state index contributed by atoms with van der Waals surface area (Å²) in [5.41, 5.74) is -0.129. The van der Waals surface area contributed by atoms with Crippen molar-refractivity contribution >= 4 is 11.8 Å². The van der Waals surface area contributed by atoms with Gasteiger partial charge in [-0.1, -0.05) is 0 Å². The Hall–Kier alpha value is -1.14. The largest absolute Gasteiger partial charge is 0.372 e. The lowest BCUT2D eigenvalue weighted by Gasteiger charge is -2.46. The van der Waals surface area contributed by atoms with Crippen molar-refractivity contribution in [3.63, 3.8) is 0 Å². The van der Waals surface area contributed by atoms with Crippen molar-refractivity contribution in [3.8, 4) is 0 Å². The molecule has 0 aromatic rings. The molecule has 2 atom stereocenters. The molecule has 0 aromatic carbocycles. The Kier molecular flexibility index (Phi) is 5.06. The number of morpholine rings is 1. The van der Waals surface area contributed by atoms with Gasteiger partial charge in [0.1, 0.15) is 0 Å².